The molecule has 0 spiro atoms. The van der Waals surface area contributed by atoms with E-state index >= 15 is 0 Å². The molecule has 2 aliphatic heterocycles. The van der Waals surface area contributed by atoms with Crippen molar-refractivity contribution in [2.45, 2.75) is 57.2 Å². The van der Waals surface area contributed by atoms with Gasteiger partial charge in [0, 0.05) is 18.1 Å². The molecule has 0 saturated carbocycles. The molecule has 2 heterocycles. The average Bonchev–Trinajstić information content (AvgIpc) is 2.45. The van der Waals surface area contributed by atoms with Crippen LogP contribution in [0.2, 0.25) is 0 Å². The Hall–Kier alpha value is -1.22. The van der Waals surface area contributed by atoms with Crippen molar-refractivity contribution in [3.05, 3.63) is 23.8 Å². The van der Waals surface area contributed by atoms with Gasteiger partial charge < -0.3 is 15.0 Å². The predicted octanol–water partition coefficient (Wildman–Crippen LogP) is 3.11. The van der Waals surface area contributed by atoms with Crippen LogP contribution in [-0.2, 0) is 0 Å². The Balaban J connectivity index is 1.95. The van der Waals surface area contributed by atoms with Crippen molar-refractivity contribution in [1.82, 2.24) is 5.32 Å². The third-order valence-corrected chi connectivity index (χ3v) is 5.00. The highest BCUT2D eigenvalue weighted by molar-refractivity contribution is 5.62. The van der Waals surface area contributed by atoms with Crippen LogP contribution in [0.4, 0.5) is 5.69 Å². The van der Waals surface area contributed by atoms with Crippen molar-refractivity contribution in [3.63, 3.8) is 0 Å². The van der Waals surface area contributed by atoms with Crippen molar-refractivity contribution < 1.29 is 4.74 Å². The normalized spacial score (nSPS) is 29.4. The van der Waals surface area contributed by atoms with E-state index in [9.17, 15) is 0 Å². The van der Waals surface area contributed by atoms with Crippen molar-refractivity contribution in [3.8, 4) is 5.75 Å². The summed E-state index contributed by atoms with van der Waals surface area (Å²) in [6.45, 7) is 2.17. The summed E-state index contributed by atoms with van der Waals surface area (Å²) in [5, 5.41) is 3.49. The van der Waals surface area contributed by atoms with Gasteiger partial charge in [-0.25, -0.2) is 0 Å². The van der Waals surface area contributed by atoms with Crippen molar-refractivity contribution in [1.29, 1.82) is 0 Å². The lowest BCUT2D eigenvalue weighted by molar-refractivity contribution is 0.250. The molecule has 3 nitrogen and oxygen atoms in total. The summed E-state index contributed by atoms with van der Waals surface area (Å²) in [5.41, 5.74) is 2.62. The maximum atomic E-state index is 5.61. The number of aryl methyl sites for hydroxylation is 1. The summed E-state index contributed by atoms with van der Waals surface area (Å²) in [6, 6.07) is 8.55. The molecule has 0 amide bonds. The first-order valence-corrected chi connectivity index (χ1v) is 7.83. The minimum atomic E-state index is 0.663. The van der Waals surface area contributed by atoms with Gasteiger partial charge in [0.15, 0.2) is 0 Å². The second kappa shape index (κ2) is 5.65. The van der Waals surface area contributed by atoms with Crippen LogP contribution in [0.3, 0.4) is 0 Å². The zero-order valence-electron chi connectivity index (χ0n) is 12.9. The topological polar surface area (TPSA) is 24.5 Å². The number of benzene rings is 1. The lowest BCUT2D eigenvalue weighted by Crippen LogP contribution is -2.56. The van der Waals surface area contributed by atoms with Gasteiger partial charge in [-0.05, 0) is 63.8 Å². The van der Waals surface area contributed by atoms with Crippen LogP contribution in [0.15, 0.2) is 18.2 Å². The zero-order chi connectivity index (χ0) is 14.1. The molecule has 0 aliphatic carbocycles. The second-order valence-corrected chi connectivity index (χ2v) is 6.28. The van der Waals surface area contributed by atoms with E-state index in [4.69, 9.17) is 4.74 Å². The van der Waals surface area contributed by atoms with Gasteiger partial charge in [0.25, 0.3) is 0 Å². The van der Waals surface area contributed by atoms with Crippen LogP contribution < -0.4 is 15.0 Å². The molecule has 2 saturated heterocycles. The Labute approximate surface area is 122 Å². The van der Waals surface area contributed by atoms with Gasteiger partial charge in [-0.3, -0.25) is 0 Å². The molecule has 2 atom stereocenters. The van der Waals surface area contributed by atoms with E-state index < -0.39 is 0 Å². The number of piperidine rings is 2. The minimum Gasteiger partial charge on any atom is -0.495 e. The number of nitrogens with zero attached hydrogens (tertiary/aromatic N) is 1. The highest BCUT2D eigenvalue weighted by Gasteiger charge is 2.38. The molecule has 0 aromatic heterocycles. The van der Waals surface area contributed by atoms with Crippen LogP contribution >= 0.6 is 0 Å². The first kappa shape index (κ1) is 13.7. The fourth-order valence-electron chi connectivity index (χ4n) is 4.01. The van der Waals surface area contributed by atoms with Gasteiger partial charge in [0.1, 0.15) is 5.75 Å². The quantitative estimate of drug-likeness (QED) is 0.916. The van der Waals surface area contributed by atoms with Crippen LogP contribution in [-0.4, -0.2) is 32.3 Å². The number of anilines is 1. The highest BCUT2D eigenvalue weighted by Crippen LogP contribution is 2.41. The summed E-state index contributed by atoms with van der Waals surface area (Å²) in [7, 11) is 3.88. The SMILES string of the molecule is CNC1CC2CCCC(C1)N2c1cc(C)ccc1OC. The number of hydrogen-bond acceptors (Lipinski definition) is 3. The molecule has 1 aromatic rings. The molecule has 1 aromatic carbocycles. The van der Waals surface area contributed by atoms with Gasteiger partial charge >= 0.3 is 0 Å². The molecule has 2 bridgehead atoms. The number of rotatable bonds is 3. The van der Waals surface area contributed by atoms with Crippen molar-refractivity contribution >= 4 is 5.69 Å². The lowest BCUT2D eigenvalue weighted by Gasteiger charge is -2.50. The third kappa shape index (κ3) is 2.39. The number of hydrogen-bond donors (Lipinski definition) is 1. The third-order valence-electron chi connectivity index (χ3n) is 5.00. The summed E-state index contributed by atoms with van der Waals surface area (Å²) in [5.74, 6) is 1.02. The van der Waals surface area contributed by atoms with Gasteiger partial charge in [-0.2, -0.15) is 0 Å². The van der Waals surface area contributed by atoms with E-state index in [1.165, 1.54) is 43.4 Å². The molecule has 1 N–H and O–H groups in total. The number of fused-ring (bicyclic) bond motifs is 2. The summed E-state index contributed by atoms with van der Waals surface area (Å²) < 4.78 is 5.61. The molecule has 2 unspecified atom stereocenters. The maximum absolute atomic E-state index is 5.61. The Kier molecular flexibility index (Phi) is 3.88. The number of methoxy groups -OCH3 is 1. The Morgan fingerprint density at radius 3 is 2.50 bits per heavy atom. The molecule has 3 heteroatoms. The second-order valence-electron chi connectivity index (χ2n) is 6.28. The summed E-state index contributed by atoms with van der Waals surface area (Å²) in [4.78, 5) is 2.66. The van der Waals surface area contributed by atoms with Crippen molar-refractivity contribution in [2.24, 2.45) is 0 Å². The van der Waals surface area contributed by atoms with Gasteiger partial charge in [-0.1, -0.05) is 6.07 Å². The van der Waals surface area contributed by atoms with E-state index in [1.54, 1.807) is 7.11 Å². The van der Waals surface area contributed by atoms with E-state index in [1.807, 2.05) is 0 Å². The van der Waals surface area contributed by atoms with E-state index in [0.717, 1.165) is 5.75 Å². The van der Waals surface area contributed by atoms with Gasteiger partial charge in [0.2, 0.25) is 0 Å². The Bertz CT molecular complexity index is 460. The standard InChI is InChI=1S/C17H26N2O/c1-12-7-8-17(20-3)16(9-12)19-14-5-4-6-15(19)11-13(10-14)18-2/h7-9,13-15,18H,4-6,10-11H2,1-3H3. The van der Waals surface area contributed by atoms with Crippen LogP contribution in [0.25, 0.3) is 0 Å². The van der Waals surface area contributed by atoms with Gasteiger partial charge in [0.05, 0.1) is 12.8 Å². The highest BCUT2D eigenvalue weighted by atomic mass is 16.5. The largest absolute Gasteiger partial charge is 0.495 e. The Morgan fingerprint density at radius 2 is 1.90 bits per heavy atom. The van der Waals surface area contributed by atoms with E-state index in [2.05, 4.69) is 42.4 Å². The molecule has 2 aliphatic rings. The van der Waals surface area contributed by atoms with E-state index in [0.29, 0.717) is 18.1 Å². The fraction of sp³-hybridized carbons (Fsp3) is 0.647. The fourth-order valence-corrected chi connectivity index (χ4v) is 4.01. The zero-order valence-corrected chi connectivity index (χ0v) is 12.9. The molecule has 0 radical (unpaired) electrons. The molecule has 110 valence electrons. The smallest absolute Gasteiger partial charge is 0.142 e. The van der Waals surface area contributed by atoms with E-state index in [-0.39, 0.29) is 0 Å². The average molecular weight is 274 g/mol. The first-order chi connectivity index (χ1) is 9.72. The lowest BCUT2D eigenvalue weighted by atomic mass is 9.81. The van der Waals surface area contributed by atoms with Crippen LogP contribution in [0.1, 0.15) is 37.7 Å². The number of ether oxygens (including phenoxy) is 1. The molecule has 20 heavy (non-hydrogen) atoms. The van der Waals surface area contributed by atoms with Crippen LogP contribution in [0, 0.1) is 6.92 Å². The molecule has 2 fully saturated rings. The Morgan fingerprint density at radius 1 is 1.20 bits per heavy atom. The monoisotopic (exact) mass is 274 g/mol. The van der Waals surface area contributed by atoms with Gasteiger partial charge in [-0.15, -0.1) is 0 Å². The van der Waals surface area contributed by atoms with Crippen molar-refractivity contribution in [2.75, 3.05) is 19.1 Å². The number of nitrogens with one attached hydrogen (secondary N) is 1. The minimum absolute atomic E-state index is 0.663. The molecular formula is C17H26N2O. The predicted molar refractivity (Wildman–Crippen MR) is 83.7 cm³/mol. The first-order valence-electron chi connectivity index (χ1n) is 7.83. The van der Waals surface area contributed by atoms with Crippen LogP contribution in [0.5, 0.6) is 5.75 Å². The molecular weight excluding hydrogens is 248 g/mol. The summed E-state index contributed by atoms with van der Waals surface area (Å²) in [6.07, 6.45) is 6.50. The maximum Gasteiger partial charge on any atom is 0.142 e. The molecule has 3 rings (SSSR count). The summed E-state index contributed by atoms with van der Waals surface area (Å²) >= 11 is 0.